The van der Waals surface area contributed by atoms with Crippen LogP contribution in [-0.2, 0) is 0 Å². The average molecular weight is 252 g/mol. The van der Waals surface area contributed by atoms with E-state index in [0.717, 1.165) is 31.6 Å². The third-order valence-electron chi connectivity index (χ3n) is 3.68. The van der Waals surface area contributed by atoms with Crippen molar-refractivity contribution < 1.29 is 0 Å². The SMILES string of the molecule is N#Cc1ccccc1-n1nccc1C1CCNCC1. The smallest absolute Gasteiger partial charge is 0.101 e. The van der Waals surface area contributed by atoms with Crippen molar-refractivity contribution >= 4 is 0 Å². The fraction of sp³-hybridized carbons (Fsp3) is 0.333. The van der Waals surface area contributed by atoms with Crippen LogP contribution in [-0.4, -0.2) is 22.9 Å². The number of nitrogens with one attached hydrogen (secondary N) is 1. The molecular formula is C15H16N4. The molecule has 0 atom stereocenters. The Bertz CT molecular complexity index is 603. The molecule has 0 bridgehead atoms. The average Bonchev–Trinajstić information content (AvgIpc) is 2.97. The van der Waals surface area contributed by atoms with E-state index in [0.29, 0.717) is 11.5 Å². The maximum absolute atomic E-state index is 9.22. The van der Waals surface area contributed by atoms with Crippen LogP contribution in [0.1, 0.15) is 30.0 Å². The maximum Gasteiger partial charge on any atom is 0.101 e. The first-order valence-electron chi connectivity index (χ1n) is 6.64. The second kappa shape index (κ2) is 5.25. The van der Waals surface area contributed by atoms with Gasteiger partial charge in [0.1, 0.15) is 6.07 Å². The van der Waals surface area contributed by atoms with E-state index in [9.17, 15) is 5.26 Å². The summed E-state index contributed by atoms with van der Waals surface area (Å²) in [6.45, 7) is 2.10. The summed E-state index contributed by atoms with van der Waals surface area (Å²) in [6, 6.07) is 11.9. The van der Waals surface area contributed by atoms with E-state index < -0.39 is 0 Å². The molecule has 0 amide bonds. The monoisotopic (exact) mass is 252 g/mol. The van der Waals surface area contributed by atoms with E-state index in [2.05, 4.69) is 22.6 Å². The number of aromatic nitrogens is 2. The Balaban J connectivity index is 2.02. The lowest BCUT2D eigenvalue weighted by Gasteiger charge is -2.23. The van der Waals surface area contributed by atoms with E-state index >= 15 is 0 Å². The maximum atomic E-state index is 9.22. The van der Waals surface area contributed by atoms with Gasteiger partial charge in [0.25, 0.3) is 0 Å². The third-order valence-corrected chi connectivity index (χ3v) is 3.68. The highest BCUT2D eigenvalue weighted by Gasteiger charge is 2.20. The summed E-state index contributed by atoms with van der Waals surface area (Å²) in [7, 11) is 0. The van der Waals surface area contributed by atoms with Gasteiger partial charge in [-0.3, -0.25) is 0 Å². The summed E-state index contributed by atoms with van der Waals surface area (Å²) in [5, 5.41) is 17.0. The molecule has 0 spiro atoms. The van der Waals surface area contributed by atoms with E-state index in [4.69, 9.17) is 0 Å². The normalized spacial score (nSPS) is 16.2. The van der Waals surface area contributed by atoms with Crippen LogP contribution in [0.4, 0.5) is 0 Å². The Hall–Kier alpha value is -2.12. The van der Waals surface area contributed by atoms with Crippen molar-refractivity contribution in [3.05, 3.63) is 47.8 Å². The van der Waals surface area contributed by atoms with E-state index in [1.807, 2.05) is 35.1 Å². The van der Waals surface area contributed by atoms with Crippen LogP contribution in [0.3, 0.4) is 0 Å². The summed E-state index contributed by atoms with van der Waals surface area (Å²) in [5.41, 5.74) is 2.76. The molecule has 0 radical (unpaired) electrons. The number of hydrogen-bond donors (Lipinski definition) is 1. The lowest BCUT2D eigenvalue weighted by molar-refractivity contribution is 0.446. The highest BCUT2D eigenvalue weighted by molar-refractivity contribution is 5.49. The zero-order valence-corrected chi connectivity index (χ0v) is 10.7. The standard InChI is InChI=1S/C15H16N4/c16-11-13-3-1-2-4-14(13)19-15(7-10-18-19)12-5-8-17-9-6-12/h1-4,7,10,12,17H,5-6,8-9H2. The van der Waals surface area contributed by atoms with Gasteiger partial charge in [-0.2, -0.15) is 10.4 Å². The van der Waals surface area contributed by atoms with Crippen molar-refractivity contribution in [1.82, 2.24) is 15.1 Å². The highest BCUT2D eigenvalue weighted by Crippen LogP contribution is 2.27. The number of hydrogen-bond acceptors (Lipinski definition) is 3. The molecule has 3 rings (SSSR count). The van der Waals surface area contributed by atoms with Gasteiger partial charge in [-0.25, -0.2) is 4.68 Å². The number of piperidine rings is 1. The summed E-state index contributed by atoms with van der Waals surface area (Å²) in [4.78, 5) is 0. The number of nitriles is 1. The van der Waals surface area contributed by atoms with Gasteiger partial charge in [0.15, 0.2) is 0 Å². The van der Waals surface area contributed by atoms with E-state index in [1.165, 1.54) is 5.69 Å². The van der Waals surface area contributed by atoms with Crippen molar-refractivity contribution in [3.8, 4) is 11.8 Å². The topological polar surface area (TPSA) is 53.6 Å². The van der Waals surface area contributed by atoms with Crippen molar-refractivity contribution in [3.63, 3.8) is 0 Å². The minimum Gasteiger partial charge on any atom is -0.317 e. The quantitative estimate of drug-likeness (QED) is 0.891. The van der Waals surface area contributed by atoms with Crippen LogP contribution in [0.2, 0.25) is 0 Å². The lowest BCUT2D eigenvalue weighted by Crippen LogP contribution is -2.27. The second-order valence-corrected chi connectivity index (χ2v) is 4.82. The lowest BCUT2D eigenvalue weighted by atomic mass is 9.94. The fourth-order valence-electron chi connectivity index (χ4n) is 2.69. The minimum absolute atomic E-state index is 0.524. The van der Waals surface area contributed by atoms with E-state index in [-0.39, 0.29) is 0 Å². The number of rotatable bonds is 2. The molecule has 0 saturated carbocycles. The highest BCUT2D eigenvalue weighted by atomic mass is 15.3. The molecule has 2 aromatic rings. The number of nitrogens with zero attached hydrogens (tertiary/aromatic N) is 3. The van der Waals surface area contributed by atoms with Crippen molar-refractivity contribution in [2.45, 2.75) is 18.8 Å². The molecule has 1 aromatic heterocycles. The van der Waals surface area contributed by atoms with Crippen LogP contribution >= 0.6 is 0 Å². The summed E-state index contributed by atoms with van der Waals surface area (Å²) in [5.74, 6) is 0.524. The van der Waals surface area contributed by atoms with Crippen LogP contribution in [0.5, 0.6) is 0 Å². The van der Waals surface area contributed by atoms with Gasteiger partial charge >= 0.3 is 0 Å². The molecule has 1 aromatic carbocycles. The summed E-state index contributed by atoms with van der Waals surface area (Å²) in [6.07, 6.45) is 4.08. The first-order valence-corrected chi connectivity index (χ1v) is 6.64. The predicted octanol–water partition coefficient (Wildman–Crippen LogP) is 2.21. The molecule has 1 saturated heterocycles. The molecule has 4 nitrogen and oxygen atoms in total. The summed E-state index contributed by atoms with van der Waals surface area (Å²) >= 11 is 0. The van der Waals surface area contributed by atoms with Gasteiger partial charge in [0.2, 0.25) is 0 Å². The second-order valence-electron chi connectivity index (χ2n) is 4.82. The molecule has 1 aliphatic heterocycles. The zero-order chi connectivity index (χ0) is 13.1. The largest absolute Gasteiger partial charge is 0.317 e. The Kier molecular flexibility index (Phi) is 3.30. The Morgan fingerprint density at radius 3 is 2.79 bits per heavy atom. The van der Waals surface area contributed by atoms with E-state index in [1.54, 1.807) is 0 Å². The van der Waals surface area contributed by atoms with Crippen LogP contribution in [0, 0.1) is 11.3 Å². The van der Waals surface area contributed by atoms with Gasteiger partial charge in [-0.1, -0.05) is 12.1 Å². The first kappa shape index (κ1) is 11.9. The van der Waals surface area contributed by atoms with Gasteiger partial charge in [-0.15, -0.1) is 0 Å². The Labute approximate surface area is 112 Å². The van der Waals surface area contributed by atoms with Crippen LogP contribution in [0.25, 0.3) is 5.69 Å². The minimum atomic E-state index is 0.524. The zero-order valence-electron chi connectivity index (χ0n) is 10.7. The first-order chi connectivity index (χ1) is 9.40. The molecule has 0 aliphatic carbocycles. The Morgan fingerprint density at radius 1 is 1.21 bits per heavy atom. The van der Waals surface area contributed by atoms with Crippen LogP contribution < -0.4 is 5.32 Å². The molecule has 0 unspecified atom stereocenters. The molecular weight excluding hydrogens is 236 g/mol. The van der Waals surface area contributed by atoms with Crippen molar-refractivity contribution in [1.29, 1.82) is 5.26 Å². The van der Waals surface area contributed by atoms with Gasteiger partial charge in [-0.05, 0) is 44.1 Å². The fourth-order valence-corrected chi connectivity index (χ4v) is 2.69. The third kappa shape index (κ3) is 2.25. The number of para-hydroxylation sites is 1. The van der Waals surface area contributed by atoms with Crippen molar-refractivity contribution in [2.24, 2.45) is 0 Å². The molecule has 1 fully saturated rings. The van der Waals surface area contributed by atoms with Gasteiger partial charge in [0, 0.05) is 17.8 Å². The molecule has 4 heteroatoms. The molecule has 19 heavy (non-hydrogen) atoms. The van der Waals surface area contributed by atoms with Crippen LogP contribution in [0.15, 0.2) is 36.5 Å². The summed E-state index contributed by atoms with van der Waals surface area (Å²) < 4.78 is 1.93. The van der Waals surface area contributed by atoms with Gasteiger partial charge in [0.05, 0.1) is 11.3 Å². The number of benzene rings is 1. The molecule has 96 valence electrons. The molecule has 1 aliphatic rings. The predicted molar refractivity (Wildman–Crippen MR) is 73.1 cm³/mol. The molecule has 2 heterocycles. The molecule has 1 N–H and O–H groups in total. The Morgan fingerprint density at radius 2 is 2.00 bits per heavy atom. The van der Waals surface area contributed by atoms with Crippen molar-refractivity contribution in [2.75, 3.05) is 13.1 Å². The van der Waals surface area contributed by atoms with Gasteiger partial charge < -0.3 is 5.32 Å².